The first-order valence-electron chi connectivity index (χ1n) is 6.53. The highest BCUT2D eigenvalue weighted by molar-refractivity contribution is 5.81. The largest absolute Gasteiger partial charge is 0.299 e. The van der Waals surface area contributed by atoms with Crippen molar-refractivity contribution in [2.75, 3.05) is 0 Å². The van der Waals surface area contributed by atoms with Gasteiger partial charge in [0, 0.05) is 24.0 Å². The van der Waals surface area contributed by atoms with Gasteiger partial charge in [0.05, 0.1) is 4.92 Å². The molecule has 0 bridgehead atoms. The van der Waals surface area contributed by atoms with Gasteiger partial charge in [-0.3, -0.25) is 14.9 Å². The number of carbonyl (C=O) groups excluding carboxylic acids is 1. The number of nitro groups is 1. The number of hydrogen-bond acceptors (Lipinski definition) is 3. The standard InChI is InChI=1S/C14H16FNO3/c15-12-6-7-13(16(18)19)11(9-12)8-10-4-2-1-3-5-14(10)17/h6-7,9-10H,1-5,8H2. The number of Topliss-reactive ketones (excluding diaryl/α,β-unsaturated/α-hetero) is 1. The summed E-state index contributed by atoms with van der Waals surface area (Å²) in [5, 5.41) is 10.9. The maximum absolute atomic E-state index is 13.2. The van der Waals surface area contributed by atoms with Gasteiger partial charge in [0.15, 0.2) is 0 Å². The van der Waals surface area contributed by atoms with Crippen molar-refractivity contribution in [1.82, 2.24) is 0 Å². The molecule has 4 nitrogen and oxygen atoms in total. The van der Waals surface area contributed by atoms with Crippen LogP contribution in [0.1, 0.15) is 37.7 Å². The van der Waals surface area contributed by atoms with E-state index in [1.807, 2.05) is 0 Å². The van der Waals surface area contributed by atoms with E-state index in [9.17, 15) is 19.3 Å². The summed E-state index contributed by atoms with van der Waals surface area (Å²) >= 11 is 0. The minimum atomic E-state index is -0.518. The van der Waals surface area contributed by atoms with E-state index in [-0.39, 0.29) is 23.8 Å². The minimum absolute atomic E-state index is 0.0987. The van der Waals surface area contributed by atoms with Crippen LogP contribution in [0.25, 0.3) is 0 Å². The van der Waals surface area contributed by atoms with Gasteiger partial charge >= 0.3 is 0 Å². The molecule has 5 heteroatoms. The average molecular weight is 265 g/mol. The molecule has 0 N–H and O–H groups in total. The van der Waals surface area contributed by atoms with Crippen LogP contribution in [-0.4, -0.2) is 10.7 Å². The van der Waals surface area contributed by atoms with E-state index in [2.05, 4.69) is 0 Å². The maximum Gasteiger partial charge on any atom is 0.272 e. The fraction of sp³-hybridized carbons (Fsp3) is 0.500. The van der Waals surface area contributed by atoms with E-state index in [1.54, 1.807) is 0 Å². The fourth-order valence-corrected chi connectivity index (χ4v) is 2.61. The summed E-state index contributed by atoms with van der Waals surface area (Å²) in [5.41, 5.74) is 0.226. The monoisotopic (exact) mass is 265 g/mol. The smallest absolute Gasteiger partial charge is 0.272 e. The fourth-order valence-electron chi connectivity index (χ4n) is 2.61. The average Bonchev–Trinajstić information content (AvgIpc) is 2.55. The molecule has 0 aliphatic heterocycles. The molecule has 1 aliphatic rings. The molecule has 19 heavy (non-hydrogen) atoms. The molecule has 0 radical (unpaired) electrons. The van der Waals surface area contributed by atoms with Gasteiger partial charge in [-0.05, 0) is 31.4 Å². The summed E-state index contributed by atoms with van der Waals surface area (Å²) in [5.74, 6) is -0.555. The van der Waals surface area contributed by atoms with Gasteiger partial charge in [0.25, 0.3) is 5.69 Å². The number of hydrogen-bond donors (Lipinski definition) is 0. The van der Waals surface area contributed by atoms with Crippen LogP contribution in [0, 0.1) is 21.8 Å². The van der Waals surface area contributed by atoms with Gasteiger partial charge in [-0.1, -0.05) is 12.8 Å². The lowest BCUT2D eigenvalue weighted by Gasteiger charge is -2.13. The lowest BCUT2D eigenvalue weighted by molar-refractivity contribution is -0.385. The molecular weight excluding hydrogens is 249 g/mol. The van der Waals surface area contributed by atoms with E-state index in [1.165, 1.54) is 12.1 Å². The van der Waals surface area contributed by atoms with Crippen molar-refractivity contribution in [3.63, 3.8) is 0 Å². The number of nitrogens with zero attached hydrogens (tertiary/aromatic N) is 1. The zero-order valence-electron chi connectivity index (χ0n) is 10.6. The predicted octanol–water partition coefficient (Wildman–Crippen LogP) is 3.43. The van der Waals surface area contributed by atoms with Crippen molar-refractivity contribution in [1.29, 1.82) is 0 Å². The van der Waals surface area contributed by atoms with E-state index in [0.29, 0.717) is 12.0 Å². The quantitative estimate of drug-likeness (QED) is 0.478. The SMILES string of the molecule is O=C1CCCCCC1Cc1cc(F)ccc1[N+](=O)[O-]. The lowest BCUT2D eigenvalue weighted by atomic mass is 9.91. The number of rotatable bonds is 3. The Kier molecular flexibility index (Phi) is 4.24. The molecule has 102 valence electrons. The van der Waals surface area contributed by atoms with Crippen LogP contribution in [0.4, 0.5) is 10.1 Å². The third-order valence-electron chi connectivity index (χ3n) is 3.64. The molecule has 1 aliphatic carbocycles. The van der Waals surface area contributed by atoms with Gasteiger partial charge < -0.3 is 0 Å². The Bertz CT molecular complexity index is 501. The second-order valence-corrected chi connectivity index (χ2v) is 5.00. The van der Waals surface area contributed by atoms with E-state index in [0.717, 1.165) is 31.7 Å². The Balaban J connectivity index is 2.23. The Labute approximate surface area is 110 Å². The molecule has 0 saturated heterocycles. The molecule has 2 rings (SSSR count). The number of ketones is 1. The summed E-state index contributed by atoms with van der Waals surface area (Å²) in [6.07, 6.45) is 4.42. The van der Waals surface area contributed by atoms with Crippen LogP contribution in [0.15, 0.2) is 18.2 Å². The number of nitro benzene ring substituents is 1. The van der Waals surface area contributed by atoms with E-state index in [4.69, 9.17) is 0 Å². The number of halogens is 1. The Hall–Kier alpha value is -1.78. The van der Waals surface area contributed by atoms with E-state index < -0.39 is 10.7 Å². The second kappa shape index (κ2) is 5.91. The molecule has 0 aromatic heterocycles. The highest BCUT2D eigenvalue weighted by atomic mass is 19.1. The molecule has 1 fully saturated rings. The third kappa shape index (κ3) is 3.36. The van der Waals surface area contributed by atoms with Gasteiger partial charge in [-0.15, -0.1) is 0 Å². The van der Waals surface area contributed by atoms with Crippen LogP contribution in [0.3, 0.4) is 0 Å². The predicted molar refractivity (Wildman–Crippen MR) is 68.3 cm³/mol. The molecule has 1 saturated carbocycles. The number of benzene rings is 1. The van der Waals surface area contributed by atoms with Gasteiger partial charge in [0.2, 0.25) is 0 Å². The Morgan fingerprint density at radius 1 is 1.32 bits per heavy atom. The molecule has 1 aromatic rings. The summed E-state index contributed by atoms with van der Waals surface area (Å²) in [4.78, 5) is 22.3. The first kappa shape index (κ1) is 13.6. The van der Waals surface area contributed by atoms with Crippen molar-refractivity contribution >= 4 is 11.5 Å². The topological polar surface area (TPSA) is 60.2 Å². The molecular formula is C14H16FNO3. The van der Waals surface area contributed by atoms with Crippen molar-refractivity contribution in [2.24, 2.45) is 5.92 Å². The third-order valence-corrected chi connectivity index (χ3v) is 3.64. The lowest BCUT2D eigenvalue weighted by Crippen LogP contribution is -2.16. The van der Waals surface area contributed by atoms with Crippen molar-refractivity contribution in [3.05, 3.63) is 39.7 Å². The Morgan fingerprint density at radius 3 is 2.84 bits per heavy atom. The summed E-state index contributed by atoms with van der Waals surface area (Å²) in [6.45, 7) is 0. The van der Waals surface area contributed by atoms with Crippen LogP contribution in [-0.2, 0) is 11.2 Å². The summed E-state index contributed by atoms with van der Waals surface area (Å²) in [7, 11) is 0. The zero-order valence-corrected chi connectivity index (χ0v) is 10.6. The first-order valence-corrected chi connectivity index (χ1v) is 6.53. The van der Waals surface area contributed by atoms with Crippen molar-refractivity contribution < 1.29 is 14.1 Å². The van der Waals surface area contributed by atoms with Crippen LogP contribution in [0.2, 0.25) is 0 Å². The van der Waals surface area contributed by atoms with Gasteiger partial charge in [-0.25, -0.2) is 4.39 Å². The summed E-state index contributed by atoms with van der Waals surface area (Å²) in [6, 6.07) is 3.43. The van der Waals surface area contributed by atoms with Crippen LogP contribution >= 0.6 is 0 Å². The molecule has 1 unspecified atom stereocenters. The normalized spacial score (nSPS) is 20.1. The Morgan fingerprint density at radius 2 is 2.11 bits per heavy atom. The molecule has 1 aromatic carbocycles. The number of carbonyl (C=O) groups is 1. The molecule has 0 heterocycles. The van der Waals surface area contributed by atoms with E-state index >= 15 is 0 Å². The van der Waals surface area contributed by atoms with Crippen LogP contribution < -0.4 is 0 Å². The molecule has 0 amide bonds. The second-order valence-electron chi connectivity index (χ2n) is 5.00. The van der Waals surface area contributed by atoms with Crippen molar-refractivity contribution in [3.8, 4) is 0 Å². The minimum Gasteiger partial charge on any atom is -0.299 e. The maximum atomic E-state index is 13.2. The van der Waals surface area contributed by atoms with Gasteiger partial charge in [0.1, 0.15) is 11.6 Å². The zero-order chi connectivity index (χ0) is 13.8. The molecule has 0 spiro atoms. The highest BCUT2D eigenvalue weighted by Gasteiger charge is 2.24. The highest BCUT2D eigenvalue weighted by Crippen LogP contribution is 2.28. The van der Waals surface area contributed by atoms with Crippen molar-refractivity contribution in [2.45, 2.75) is 38.5 Å². The molecule has 1 atom stereocenters. The van der Waals surface area contributed by atoms with Gasteiger partial charge in [-0.2, -0.15) is 0 Å². The summed E-state index contributed by atoms with van der Waals surface area (Å²) < 4.78 is 13.2. The van der Waals surface area contributed by atoms with Crippen LogP contribution in [0.5, 0.6) is 0 Å². The first-order chi connectivity index (χ1) is 9.08.